The lowest BCUT2D eigenvalue weighted by Crippen LogP contribution is -2.57. The van der Waals surface area contributed by atoms with Gasteiger partial charge in [-0.05, 0) is 18.4 Å². The zero-order valence-corrected chi connectivity index (χ0v) is 13.3. The van der Waals surface area contributed by atoms with Crippen LogP contribution in [0.15, 0.2) is 30.3 Å². The van der Waals surface area contributed by atoms with Gasteiger partial charge in [0, 0.05) is 12.5 Å². The molecule has 0 bridgehead atoms. The minimum atomic E-state index is -0.979. The number of hydrogen-bond donors (Lipinski definition) is 3. The van der Waals surface area contributed by atoms with Crippen LogP contribution in [0.25, 0.3) is 0 Å². The van der Waals surface area contributed by atoms with Gasteiger partial charge in [-0.25, -0.2) is 0 Å². The van der Waals surface area contributed by atoms with E-state index in [0.29, 0.717) is 12.8 Å². The average molecular weight is 314 g/mol. The van der Waals surface area contributed by atoms with Crippen LogP contribution in [0.2, 0.25) is 0 Å². The van der Waals surface area contributed by atoms with Gasteiger partial charge in [0.1, 0.15) is 5.54 Å². The van der Waals surface area contributed by atoms with E-state index in [-0.39, 0.29) is 24.7 Å². The van der Waals surface area contributed by atoms with Gasteiger partial charge in [-0.15, -0.1) is 12.4 Å². The molecule has 0 radical (unpaired) electrons. The smallest absolute Gasteiger partial charge is 0.243 e. The van der Waals surface area contributed by atoms with Crippen LogP contribution in [-0.2, 0) is 9.59 Å². The highest BCUT2D eigenvalue weighted by atomic mass is 35.5. The molecule has 0 aliphatic rings. The van der Waals surface area contributed by atoms with Crippen molar-refractivity contribution in [2.75, 3.05) is 0 Å². The van der Waals surface area contributed by atoms with Crippen LogP contribution in [0.1, 0.15) is 44.7 Å². The van der Waals surface area contributed by atoms with Crippen LogP contribution < -0.4 is 16.8 Å². The highest BCUT2D eigenvalue weighted by Crippen LogP contribution is 2.17. The van der Waals surface area contributed by atoms with Crippen LogP contribution in [0.5, 0.6) is 0 Å². The number of carbonyl (C=O) groups is 2. The Hall–Kier alpha value is -1.59. The molecule has 1 aromatic rings. The van der Waals surface area contributed by atoms with Gasteiger partial charge >= 0.3 is 0 Å². The van der Waals surface area contributed by atoms with E-state index in [1.807, 2.05) is 44.2 Å². The third-order valence-corrected chi connectivity index (χ3v) is 3.69. The van der Waals surface area contributed by atoms with Crippen LogP contribution in [0.4, 0.5) is 0 Å². The highest BCUT2D eigenvalue weighted by molar-refractivity contribution is 5.90. The Balaban J connectivity index is 0.00000400. The fourth-order valence-corrected chi connectivity index (χ4v) is 2.17. The minimum Gasteiger partial charge on any atom is -0.368 e. The molecule has 0 aliphatic carbocycles. The molecule has 118 valence electrons. The van der Waals surface area contributed by atoms with Crippen molar-refractivity contribution in [3.8, 4) is 0 Å². The second-order valence-corrected chi connectivity index (χ2v) is 4.92. The van der Waals surface area contributed by atoms with Crippen LogP contribution in [-0.4, -0.2) is 17.4 Å². The first-order chi connectivity index (χ1) is 9.45. The number of amides is 2. The molecule has 1 rings (SSSR count). The van der Waals surface area contributed by atoms with Gasteiger partial charge < -0.3 is 16.8 Å². The lowest BCUT2D eigenvalue weighted by molar-refractivity contribution is -0.132. The number of rotatable bonds is 7. The monoisotopic (exact) mass is 313 g/mol. The van der Waals surface area contributed by atoms with Gasteiger partial charge in [-0.1, -0.05) is 44.2 Å². The molecule has 0 aromatic heterocycles. The summed E-state index contributed by atoms with van der Waals surface area (Å²) in [6.45, 7) is 3.65. The lowest BCUT2D eigenvalue weighted by atomic mass is 9.91. The molecular weight excluding hydrogens is 290 g/mol. The van der Waals surface area contributed by atoms with Gasteiger partial charge in [0.15, 0.2) is 0 Å². The molecule has 0 fully saturated rings. The second-order valence-electron chi connectivity index (χ2n) is 4.92. The Labute approximate surface area is 131 Å². The summed E-state index contributed by atoms with van der Waals surface area (Å²) in [6, 6.07) is 8.99. The quantitative estimate of drug-likeness (QED) is 0.714. The molecule has 2 amide bonds. The SMILES string of the molecule is CCC(CC)(NC(=O)CC(N)c1ccccc1)C(N)=O.Cl. The van der Waals surface area contributed by atoms with E-state index in [2.05, 4.69) is 5.32 Å². The van der Waals surface area contributed by atoms with Crippen molar-refractivity contribution < 1.29 is 9.59 Å². The van der Waals surface area contributed by atoms with E-state index in [9.17, 15) is 9.59 Å². The van der Waals surface area contributed by atoms with Gasteiger partial charge in [-0.2, -0.15) is 0 Å². The molecular formula is C15H24ClN3O2. The third-order valence-electron chi connectivity index (χ3n) is 3.69. The summed E-state index contributed by atoms with van der Waals surface area (Å²) in [5, 5.41) is 2.74. The molecule has 0 saturated carbocycles. The summed E-state index contributed by atoms with van der Waals surface area (Å²) in [4.78, 5) is 23.6. The van der Waals surface area contributed by atoms with Crippen molar-refractivity contribution in [3.63, 3.8) is 0 Å². The predicted octanol–water partition coefficient (Wildman–Crippen LogP) is 1.66. The number of carbonyl (C=O) groups excluding carboxylic acids is 2. The first kappa shape index (κ1) is 19.4. The largest absolute Gasteiger partial charge is 0.368 e. The maximum Gasteiger partial charge on any atom is 0.243 e. The van der Waals surface area contributed by atoms with E-state index >= 15 is 0 Å². The topological polar surface area (TPSA) is 98.2 Å². The maximum atomic E-state index is 12.1. The maximum absolute atomic E-state index is 12.1. The summed E-state index contributed by atoms with van der Waals surface area (Å²) < 4.78 is 0. The van der Waals surface area contributed by atoms with E-state index < -0.39 is 17.5 Å². The van der Waals surface area contributed by atoms with E-state index in [0.717, 1.165) is 5.56 Å². The fourth-order valence-electron chi connectivity index (χ4n) is 2.17. The van der Waals surface area contributed by atoms with E-state index in [4.69, 9.17) is 11.5 Å². The zero-order valence-electron chi connectivity index (χ0n) is 12.5. The third kappa shape index (κ3) is 5.02. The molecule has 1 atom stereocenters. The van der Waals surface area contributed by atoms with Crippen molar-refractivity contribution in [2.45, 2.75) is 44.7 Å². The summed E-state index contributed by atoms with van der Waals surface area (Å²) in [5.41, 5.74) is 11.3. The van der Waals surface area contributed by atoms with E-state index in [1.54, 1.807) is 0 Å². The number of nitrogens with two attached hydrogens (primary N) is 2. The molecule has 0 aliphatic heterocycles. The normalized spacial score (nSPS) is 12.1. The highest BCUT2D eigenvalue weighted by Gasteiger charge is 2.34. The Morgan fingerprint density at radius 3 is 2.14 bits per heavy atom. The Bertz CT molecular complexity index is 461. The molecule has 5 N–H and O–H groups in total. The number of primary amides is 1. The van der Waals surface area contributed by atoms with Crippen molar-refractivity contribution in [3.05, 3.63) is 35.9 Å². The average Bonchev–Trinajstić information content (AvgIpc) is 2.45. The Morgan fingerprint density at radius 2 is 1.71 bits per heavy atom. The van der Waals surface area contributed by atoms with Crippen molar-refractivity contribution in [1.82, 2.24) is 5.32 Å². The standard InChI is InChI=1S/C15H23N3O2.ClH/c1-3-15(4-2,14(17)20)18-13(19)10-12(16)11-8-6-5-7-9-11;/h5-9,12H,3-4,10,16H2,1-2H3,(H2,17,20)(H,18,19);1H. The van der Waals surface area contributed by atoms with Crippen molar-refractivity contribution in [2.24, 2.45) is 11.5 Å². The van der Waals surface area contributed by atoms with Crippen molar-refractivity contribution in [1.29, 1.82) is 0 Å². The van der Waals surface area contributed by atoms with Gasteiger partial charge in [-0.3, -0.25) is 9.59 Å². The van der Waals surface area contributed by atoms with Crippen LogP contribution in [0.3, 0.4) is 0 Å². The molecule has 1 aromatic carbocycles. The Morgan fingerprint density at radius 1 is 1.19 bits per heavy atom. The van der Waals surface area contributed by atoms with Crippen molar-refractivity contribution >= 4 is 24.2 Å². The molecule has 0 spiro atoms. The second kappa shape index (κ2) is 8.64. The van der Waals surface area contributed by atoms with Crippen LogP contribution >= 0.6 is 12.4 Å². The summed E-state index contributed by atoms with van der Waals surface area (Å²) >= 11 is 0. The van der Waals surface area contributed by atoms with Gasteiger partial charge in [0.05, 0.1) is 0 Å². The molecule has 21 heavy (non-hydrogen) atoms. The number of nitrogens with one attached hydrogen (secondary N) is 1. The number of halogens is 1. The summed E-state index contributed by atoms with van der Waals surface area (Å²) in [5.74, 6) is -0.770. The molecule has 1 unspecified atom stereocenters. The summed E-state index contributed by atoms with van der Waals surface area (Å²) in [7, 11) is 0. The van der Waals surface area contributed by atoms with E-state index in [1.165, 1.54) is 0 Å². The predicted molar refractivity (Wildman–Crippen MR) is 85.9 cm³/mol. The first-order valence-corrected chi connectivity index (χ1v) is 6.86. The zero-order chi connectivity index (χ0) is 15.2. The number of benzene rings is 1. The molecule has 0 saturated heterocycles. The molecule has 6 heteroatoms. The van der Waals surface area contributed by atoms with Crippen LogP contribution in [0, 0.1) is 0 Å². The Kier molecular flexibility index (Phi) is 7.99. The molecule has 0 heterocycles. The lowest BCUT2D eigenvalue weighted by Gasteiger charge is -2.29. The summed E-state index contributed by atoms with van der Waals surface area (Å²) in [6.07, 6.45) is 1.05. The first-order valence-electron chi connectivity index (χ1n) is 6.86. The van der Waals surface area contributed by atoms with Gasteiger partial charge in [0.25, 0.3) is 0 Å². The molecule has 5 nitrogen and oxygen atoms in total. The van der Waals surface area contributed by atoms with Gasteiger partial charge in [0.2, 0.25) is 11.8 Å². The minimum absolute atomic E-state index is 0. The number of hydrogen-bond acceptors (Lipinski definition) is 3. The fraction of sp³-hybridized carbons (Fsp3) is 0.467.